The third-order valence-electron chi connectivity index (χ3n) is 3.22. The number of halogens is 1. The maximum Gasteiger partial charge on any atom is 0.0926 e. The molecule has 0 saturated carbocycles. The minimum Gasteiger partial charge on any atom is -0.385 e. The summed E-state index contributed by atoms with van der Waals surface area (Å²) in [6.07, 6.45) is 1.47. The van der Waals surface area contributed by atoms with Crippen LogP contribution in [0.25, 0.3) is 0 Å². The van der Waals surface area contributed by atoms with E-state index in [2.05, 4.69) is 19.2 Å². The quantitative estimate of drug-likeness (QED) is 0.790. The van der Waals surface area contributed by atoms with Gasteiger partial charge in [0.25, 0.3) is 0 Å². The summed E-state index contributed by atoms with van der Waals surface area (Å²) < 4.78 is 0. The lowest BCUT2D eigenvalue weighted by Crippen LogP contribution is -2.49. The summed E-state index contributed by atoms with van der Waals surface area (Å²) in [6.45, 7) is 4.20. The van der Waals surface area contributed by atoms with E-state index in [9.17, 15) is 5.11 Å². The number of piperidine rings is 1. The maximum atomic E-state index is 10.7. The Kier molecular flexibility index (Phi) is 3.24. The van der Waals surface area contributed by atoms with Gasteiger partial charge in [0.15, 0.2) is 0 Å². The first-order chi connectivity index (χ1) is 7.49. The van der Waals surface area contributed by atoms with Gasteiger partial charge in [0.05, 0.1) is 5.60 Å². The molecule has 0 unspecified atom stereocenters. The average molecular weight is 240 g/mol. The Labute approximate surface area is 102 Å². The summed E-state index contributed by atoms with van der Waals surface area (Å²) in [7, 11) is 0. The molecule has 1 saturated heterocycles. The minimum atomic E-state index is -0.741. The van der Waals surface area contributed by atoms with Crippen molar-refractivity contribution in [2.45, 2.75) is 44.4 Å². The van der Waals surface area contributed by atoms with E-state index in [1.54, 1.807) is 0 Å². The van der Waals surface area contributed by atoms with Crippen LogP contribution in [0.1, 0.15) is 32.3 Å². The third kappa shape index (κ3) is 2.40. The van der Waals surface area contributed by atoms with Crippen molar-refractivity contribution in [3.63, 3.8) is 0 Å². The van der Waals surface area contributed by atoms with Crippen molar-refractivity contribution in [2.75, 3.05) is 0 Å². The molecule has 0 bridgehead atoms. The molecule has 0 aliphatic carbocycles. The highest BCUT2D eigenvalue weighted by molar-refractivity contribution is 6.30. The van der Waals surface area contributed by atoms with E-state index in [-0.39, 0.29) is 0 Å². The molecule has 0 aromatic heterocycles. The second kappa shape index (κ2) is 4.36. The predicted octanol–water partition coefficient (Wildman–Crippen LogP) is 2.69. The minimum absolute atomic E-state index is 0.327. The van der Waals surface area contributed by atoms with Crippen LogP contribution >= 0.6 is 11.6 Å². The first kappa shape index (κ1) is 11.9. The Morgan fingerprint density at radius 3 is 2.50 bits per heavy atom. The van der Waals surface area contributed by atoms with Gasteiger partial charge in [0, 0.05) is 17.1 Å². The molecule has 88 valence electrons. The maximum absolute atomic E-state index is 10.7. The van der Waals surface area contributed by atoms with Crippen LogP contribution in [0, 0.1) is 0 Å². The van der Waals surface area contributed by atoms with Gasteiger partial charge in [0.1, 0.15) is 0 Å². The molecule has 1 fully saturated rings. The first-order valence-corrected chi connectivity index (χ1v) is 6.12. The normalized spacial score (nSPS) is 35.0. The molecule has 1 aliphatic rings. The molecule has 1 heterocycles. The van der Waals surface area contributed by atoms with Gasteiger partial charge in [-0.3, -0.25) is 0 Å². The second-order valence-corrected chi connectivity index (χ2v) is 5.36. The van der Waals surface area contributed by atoms with Crippen LogP contribution in [0.15, 0.2) is 24.3 Å². The summed E-state index contributed by atoms with van der Waals surface area (Å²) >= 11 is 5.97. The van der Waals surface area contributed by atoms with Gasteiger partial charge in [-0.25, -0.2) is 0 Å². The summed E-state index contributed by atoms with van der Waals surface area (Å²) in [5, 5.41) is 14.8. The van der Waals surface area contributed by atoms with E-state index < -0.39 is 5.60 Å². The topological polar surface area (TPSA) is 32.3 Å². The Bertz CT molecular complexity index is 370. The summed E-state index contributed by atoms with van der Waals surface area (Å²) in [5.41, 5.74) is 0.190. The average Bonchev–Trinajstić information content (AvgIpc) is 2.15. The largest absolute Gasteiger partial charge is 0.385 e. The van der Waals surface area contributed by atoms with Gasteiger partial charge in [-0.05, 0) is 44.4 Å². The van der Waals surface area contributed by atoms with Crippen molar-refractivity contribution in [1.29, 1.82) is 0 Å². The van der Waals surface area contributed by atoms with Crippen LogP contribution in [0.3, 0.4) is 0 Å². The Morgan fingerprint density at radius 2 is 1.94 bits per heavy atom. The molecule has 2 rings (SSSR count). The van der Waals surface area contributed by atoms with Crippen LogP contribution in [0.4, 0.5) is 0 Å². The molecular formula is C13H18ClNO. The van der Waals surface area contributed by atoms with E-state index in [0.29, 0.717) is 17.1 Å². The summed E-state index contributed by atoms with van der Waals surface area (Å²) in [5.74, 6) is 0. The zero-order chi connectivity index (χ0) is 11.8. The molecule has 2 N–H and O–H groups in total. The van der Waals surface area contributed by atoms with E-state index in [4.69, 9.17) is 11.6 Å². The van der Waals surface area contributed by atoms with Crippen molar-refractivity contribution in [2.24, 2.45) is 0 Å². The van der Waals surface area contributed by atoms with Crippen LogP contribution in [-0.2, 0) is 5.60 Å². The van der Waals surface area contributed by atoms with E-state index in [1.165, 1.54) is 0 Å². The highest BCUT2D eigenvalue weighted by Crippen LogP contribution is 2.35. The fourth-order valence-electron chi connectivity index (χ4n) is 2.71. The molecule has 1 aromatic rings. The van der Waals surface area contributed by atoms with Crippen molar-refractivity contribution >= 4 is 11.6 Å². The number of aliphatic hydroxyl groups is 1. The van der Waals surface area contributed by atoms with E-state index in [1.807, 2.05) is 24.3 Å². The van der Waals surface area contributed by atoms with Gasteiger partial charge in [-0.15, -0.1) is 0 Å². The molecule has 3 atom stereocenters. The number of hydrogen-bond acceptors (Lipinski definition) is 2. The van der Waals surface area contributed by atoms with Crippen LogP contribution in [-0.4, -0.2) is 17.2 Å². The first-order valence-electron chi connectivity index (χ1n) is 5.74. The van der Waals surface area contributed by atoms with Crippen LogP contribution < -0.4 is 5.32 Å². The molecular weight excluding hydrogens is 222 g/mol. The SMILES string of the molecule is C[C@@H]1C[C@](O)(c2cccc(Cl)c2)C[C@H](C)N1. The van der Waals surface area contributed by atoms with Crippen molar-refractivity contribution < 1.29 is 5.11 Å². The highest BCUT2D eigenvalue weighted by Gasteiger charge is 2.37. The number of benzene rings is 1. The lowest BCUT2D eigenvalue weighted by Gasteiger charge is -2.40. The Balaban J connectivity index is 2.30. The number of rotatable bonds is 1. The summed E-state index contributed by atoms with van der Waals surface area (Å²) in [6, 6.07) is 8.21. The zero-order valence-electron chi connectivity index (χ0n) is 9.70. The second-order valence-electron chi connectivity index (χ2n) is 4.92. The Morgan fingerprint density at radius 1 is 1.31 bits per heavy atom. The van der Waals surface area contributed by atoms with Gasteiger partial charge in [0.2, 0.25) is 0 Å². The van der Waals surface area contributed by atoms with Gasteiger partial charge in [-0.2, -0.15) is 0 Å². The Hall–Kier alpha value is -0.570. The van der Waals surface area contributed by atoms with Crippen LogP contribution in [0.2, 0.25) is 5.02 Å². The molecule has 16 heavy (non-hydrogen) atoms. The molecule has 3 heteroatoms. The monoisotopic (exact) mass is 239 g/mol. The smallest absolute Gasteiger partial charge is 0.0926 e. The van der Waals surface area contributed by atoms with Crippen LogP contribution in [0.5, 0.6) is 0 Å². The molecule has 0 amide bonds. The fraction of sp³-hybridized carbons (Fsp3) is 0.538. The predicted molar refractivity (Wildman–Crippen MR) is 66.6 cm³/mol. The van der Waals surface area contributed by atoms with Gasteiger partial charge < -0.3 is 10.4 Å². The molecule has 1 aliphatic heterocycles. The number of nitrogens with one attached hydrogen (secondary N) is 1. The molecule has 0 radical (unpaired) electrons. The standard InChI is InChI=1S/C13H18ClNO/c1-9-7-13(16,8-10(2)15-9)11-4-3-5-12(14)6-11/h3-6,9-10,15-16H,7-8H2,1-2H3/t9-,10+,13-. The molecule has 1 aromatic carbocycles. The number of hydrogen-bond donors (Lipinski definition) is 2. The molecule has 0 spiro atoms. The fourth-order valence-corrected chi connectivity index (χ4v) is 2.90. The molecule has 2 nitrogen and oxygen atoms in total. The summed E-state index contributed by atoms with van der Waals surface area (Å²) in [4.78, 5) is 0. The van der Waals surface area contributed by atoms with Crippen molar-refractivity contribution in [3.8, 4) is 0 Å². The lowest BCUT2D eigenvalue weighted by molar-refractivity contribution is -0.0197. The lowest BCUT2D eigenvalue weighted by atomic mass is 9.79. The van der Waals surface area contributed by atoms with Crippen molar-refractivity contribution in [1.82, 2.24) is 5.32 Å². The van der Waals surface area contributed by atoms with Crippen molar-refractivity contribution in [3.05, 3.63) is 34.9 Å². The zero-order valence-corrected chi connectivity index (χ0v) is 10.5. The highest BCUT2D eigenvalue weighted by atomic mass is 35.5. The van der Waals surface area contributed by atoms with E-state index >= 15 is 0 Å². The van der Waals surface area contributed by atoms with E-state index in [0.717, 1.165) is 18.4 Å². The van der Waals surface area contributed by atoms with Gasteiger partial charge >= 0.3 is 0 Å². The third-order valence-corrected chi connectivity index (χ3v) is 3.45. The van der Waals surface area contributed by atoms with Gasteiger partial charge in [-0.1, -0.05) is 23.7 Å².